The minimum Gasteiger partial charge on any atom is -0.480 e. The molecule has 0 saturated carbocycles. The maximum Gasteiger partial charge on any atom is 0.319 e. The molecule has 1 aromatic rings. The molecule has 0 fully saturated rings. The molecule has 0 saturated heterocycles. The number of nitrogens with zero attached hydrogens (tertiary/aromatic N) is 2. The molecule has 80 valence electrons. The molecule has 0 atom stereocenters. The van der Waals surface area contributed by atoms with Crippen molar-refractivity contribution in [2.45, 2.75) is 6.42 Å². The Bertz CT molecular complexity index is 385. The van der Waals surface area contributed by atoms with E-state index in [1.807, 2.05) is 0 Å². The topological polar surface area (TPSA) is 44.2 Å². The van der Waals surface area contributed by atoms with Gasteiger partial charge in [0.15, 0.2) is 0 Å². The third kappa shape index (κ3) is 3.33. The molecule has 0 spiro atoms. The van der Waals surface area contributed by atoms with E-state index < -0.39 is 0 Å². The van der Waals surface area contributed by atoms with Crippen LogP contribution in [0, 0.1) is 11.8 Å². The van der Waals surface area contributed by atoms with Gasteiger partial charge in [-0.2, -0.15) is 17.6 Å². The summed E-state index contributed by atoms with van der Waals surface area (Å²) < 4.78 is 9.94. The van der Waals surface area contributed by atoms with Gasteiger partial charge in [0.2, 0.25) is 5.88 Å². The number of hydrogen-bond donors (Lipinski definition) is 1. The summed E-state index contributed by atoms with van der Waals surface area (Å²) in [5.74, 6) is 7.00. The minimum absolute atomic E-state index is 0.270. The Kier molecular flexibility index (Phi) is 4.78. The molecule has 0 unspecified atom stereocenters. The van der Waals surface area contributed by atoms with Crippen molar-refractivity contribution in [3.63, 3.8) is 0 Å². The number of rotatable bonds is 3. The van der Waals surface area contributed by atoms with Gasteiger partial charge in [0.05, 0.1) is 20.4 Å². The molecule has 0 aromatic carbocycles. The number of methoxy groups -OCH3 is 2. The van der Waals surface area contributed by atoms with Crippen LogP contribution in [0.15, 0.2) is 6.20 Å². The summed E-state index contributed by atoms with van der Waals surface area (Å²) in [6.45, 7) is 0. The second-order valence-electron chi connectivity index (χ2n) is 2.56. The number of thiol groups is 1. The first-order valence-corrected chi connectivity index (χ1v) is 4.99. The van der Waals surface area contributed by atoms with E-state index in [1.54, 1.807) is 6.20 Å². The van der Waals surface area contributed by atoms with Crippen molar-refractivity contribution < 1.29 is 9.47 Å². The number of ether oxygens (including phenoxy) is 2. The van der Waals surface area contributed by atoms with Crippen molar-refractivity contribution in [3.8, 4) is 23.7 Å². The predicted molar refractivity (Wildman–Crippen MR) is 60.5 cm³/mol. The summed E-state index contributed by atoms with van der Waals surface area (Å²) in [5.41, 5.74) is 0.653. The molecule has 15 heavy (non-hydrogen) atoms. The zero-order valence-corrected chi connectivity index (χ0v) is 9.54. The fourth-order valence-electron chi connectivity index (χ4n) is 0.904. The standard InChI is InChI=1S/C10H12N2O2S/c1-13-9-8(5-3-4-6-15)7-11-10(12-9)14-2/h7,15H,4,6H2,1-2H3. The van der Waals surface area contributed by atoms with Crippen molar-refractivity contribution in [2.75, 3.05) is 20.0 Å². The van der Waals surface area contributed by atoms with E-state index in [1.165, 1.54) is 14.2 Å². The van der Waals surface area contributed by atoms with Crippen LogP contribution in [0.5, 0.6) is 11.9 Å². The van der Waals surface area contributed by atoms with Gasteiger partial charge in [-0.3, -0.25) is 0 Å². The lowest BCUT2D eigenvalue weighted by molar-refractivity contribution is 0.351. The molecule has 0 bridgehead atoms. The van der Waals surface area contributed by atoms with Gasteiger partial charge in [0.25, 0.3) is 0 Å². The molecule has 5 heteroatoms. The molecule has 1 rings (SSSR count). The molecule has 0 amide bonds. The maximum absolute atomic E-state index is 5.07. The van der Waals surface area contributed by atoms with E-state index in [0.29, 0.717) is 11.4 Å². The average molecular weight is 224 g/mol. The fraction of sp³-hybridized carbons (Fsp3) is 0.400. The SMILES string of the molecule is COc1ncc(C#CCCS)c(OC)n1. The quantitative estimate of drug-likeness (QED) is 0.618. The van der Waals surface area contributed by atoms with Gasteiger partial charge >= 0.3 is 6.01 Å². The summed E-state index contributed by atoms with van der Waals surface area (Å²) >= 11 is 4.06. The zero-order valence-electron chi connectivity index (χ0n) is 8.65. The molecule has 0 aliphatic heterocycles. The Morgan fingerprint density at radius 2 is 2.20 bits per heavy atom. The first-order chi connectivity index (χ1) is 7.31. The van der Waals surface area contributed by atoms with Crippen LogP contribution in [0.3, 0.4) is 0 Å². The maximum atomic E-state index is 5.07. The molecular weight excluding hydrogens is 212 g/mol. The summed E-state index contributed by atoms with van der Waals surface area (Å²) in [5, 5.41) is 0. The van der Waals surface area contributed by atoms with Gasteiger partial charge in [-0.25, -0.2) is 4.98 Å². The van der Waals surface area contributed by atoms with Crippen molar-refractivity contribution in [3.05, 3.63) is 11.8 Å². The van der Waals surface area contributed by atoms with Crippen LogP contribution in [0.4, 0.5) is 0 Å². The Labute approximate surface area is 94.4 Å². The van der Waals surface area contributed by atoms with Crippen LogP contribution >= 0.6 is 12.6 Å². The van der Waals surface area contributed by atoms with Crippen molar-refractivity contribution in [1.82, 2.24) is 9.97 Å². The van der Waals surface area contributed by atoms with Crippen LogP contribution in [0.25, 0.3) is 0 Å². The van der Waals surface area contributed by atoms with E-state index in [4.69, 9.17) is 9.47 Å². The van der Waals surface area contributed by atoms with E-state index in [-0.39, 0.29) is 6.01 Å². The Balaban J connectivity index is 2.93. The Morgan fingerprint density at radius 1 is 1.40 bits per heavy atom. The third-order valence-electron chi connectivity index (χ3n) is 1.57. The van der Waals surface area contributed by atoms with Gasteiger partial charge in [-0.15, -0.1) is 0 Å². The fourth-order valence-corrected chi connectivity index (χ4v) is 1.02. The van der Waals surface area contributed by atoms with E-state index in [2.05, 4.69) is 34.4 Å². The van der Waals surface area contributed by atoms with E-state index >= 15 is 0 Å². The van der Waals surface area contributed by atoms with Crippen LogP contribution in [-0.4, -0.2) is 29.9 Å². The largest absolute Gasteiger partial charge is 0.480 e. The second-order valence-corrected chi connectivity index (χ2v) is 3.00. The smallest absolute Gasteiger partial charge is 0.319 e. The van der Waals surface area contributed by atoms with E-state index in [0.717, 1.165) is 12.2 Å². The lowest BCUT2D eigenvalue weighted by Crippen LogP contribution is -1.97. The van der Waals surface area contributed by atoms with Crippen LogP contribution in [0.1, 0.15) is 12.0 Å². The lowest BCUT2D eigenvalue weighted by Gasteiger charge is -2.02. The second kappa shape index (κ2) is 6.14. The highest BCUT2D eigenvalue weighted by Crippen LogP contribution is 2.15. The van der Waals surface area contributed by atoms with E-state index in [9.17, 15) is 0 Å². The minimum atomic E-state index is 0.270. The van der Waals surface area contributed by atoms with Crippen molar-refractivity contribution in [2.24, 2.45) is 0 Å². The third-order valence-corrected chi connectivity index (χ3v) is 1.79. The summed E-state index contributed by atoms with van der Waals surface area (Å²) in [6, 6.07) is 0.270. The van der Waals surface area contributed by atoms with Crippen LogP contribution < -0.4 is 9.47 Å². The highest BCUT2D eigenvalue weighted by atomic mass is 32.1. The predicted octanol–water partition coefficient (Wildman–Crippen LogP) is 1.17. The average Bonchev–Trinajstić information content (AvgIpc) is 2.29. The summed E-state index contributed by atoms with van der Waals surface area (Å²) in [7, 11) is 3.03. The van der Waals surface area contributed by atoms with Gasteiger partial charge in [-0.1, -0.05) is 11.8 Å². The molecule has 0 aliphatic rings. The van der Waals surface area contributed by atoms with Crippen molar-refractivity contribution in [1.29, 1.82) is 0 Å². The van der Waals surface area contributed by atoms with Gasteiger partial charge < -0.3 is 9.47 Å². The lowest BCUT2D eigenvalue weighted by atomic mass is 10.3. The molecule has 1 heterocycles. The Hall–Kier alpha value is -1.41. The van der Waals surface area contributed by atoms with Crippen LogP contribution in [-0.2, 0) is 0 Å². The number of aromatic nitrogens is 2. The number of hydrogen-bond acceptors (Lipinski definition) is 5. The van der Waals surface area contributed by atoms with Gasteiger partial charge in [0, 0.05) is 12.2 Å². The highest BCUT2D eigenvalue weighted by Gasteiger charge is 2.04. The first kappa shape index (κ1) is 11.7. The molecule has 4 nitrogen and oxygen atoms in total. The summed E-state index contributed by atoms with van der Waals surface area (Å²) in [6.07, 6.45) is 2.30. The molecular formula is C10H12N2O2S. The molecule has 1 aromatic heterocycles. The zero-order chi connectivity index (χ0) is 11.1. The molecule has 0 radical (unpaired) electrons. The van der Waals surface area contributed by atoms with Crippen LogP contribution in [0.2, 0.25) is 0 Å². The summed E-state index contributed by atoms with van der Waals surface area (Å²) in [4.78, 5) is 7.96. The van der Waals surface area contributed by atoms with Gasteiger partial charge in [0.1, 0.15) is 5.56 Å². The Morgan fingerprint density at radius 3 is 2.80 bits per heavy atom. The van der Waals surface area contributed by atoms with Gasteiger partial charge in [-0.05, 0) is 0 Å². The normalized spacial score (nSPS) is 9.00. The highest BCUT2D eigenvalue weighted by molar-refractivity contribution is 7.80. The molecule has 0 aliphatic carbocycles. The van der Waals surface area contributed by atoms with Crippen molar-refractivity contribution >= 4 is 12.6 Å². The molecule has 0 N–H and O–H groups in total. The monoisotopic (exact) mass is 224 g/mol. The first-order valence-electron chi connectivity index (χ1n) is 4.36.